The van der Waals surface area contributed by atoms with Gasteiger partial charge in [0.15, 0.2) is 12.6 Å². The topological polar surface area (TPSA) is 139 Å². The Morgan fingerprint density at radius 1 is 0.403 bits per heavy atom. The maximum absolute atomic E-state index is 14.4. The smallest absolute Gasteiger partial charge is 0.306 e. The molecule has 1 saturated heterocycles. The van der Waals surface area contributed by atoms with Gasteiger partial charge in [-0.3, -0.25) is 19.2 Å². The van der Waals surface area contributed by atoms with Crippen LogP contribution in [0.25, 0.3) is 0 Å². The fraction of sp³-hybridized carbons (Fsp3) is 0.938. The second-order valence-corrected chi connectivity index (χ2v) is 22.2. The van der Waals surface area contributed by atoms with Crippen molar-refractivity contribution in [3.8, 4) is 0 Å². The fourth-order valence-electron chi connectivity index (χ4n) is 9.97. The van der Waals surface area contributed by atoms with E-state index in [0.717, 1.165) is 135 Å². The van der Waals surface area contributed by atoms with Gasteiger partial charge < -0.3 is 43.0 Å². The summed E-state index contributed by atoms with van der Waals surface area (Å²) in [6.45, 7) is 18.6. The second kappa shape index (κ2) is 54.3. The van der Waals surface area contributed by atoms with E-state index in [1.807, 2.05) is 0 Å². The molecule has 0 N–H and O–H groups in total. The molecular formula is C64H122N2O11. The van der Waals surface area contributed by atoms with Gasteiger partial charge in [-0.05, 0) is 110 Å². The van der Waals surface area contributed by atoms with Crippen LogP contribution in [0.15, 0.2) is 0 Å². The van der Waals surface area contributed by atoms with E-state index in [9.17, 15) is 19.2 Å². The highest BCUT2D eigenvalue weighted by Gasteiger charge is 2.28. The van der Waals surface area contributed by atoms with Crippen LogP contribution < -0.4 is 0 Å². The number of unbranched alkanes of at least 4 members (excludes halogenated alkanes) is 21. The predicted octanol–water partition coefficient (Wildman–Crippen LogP) is 15.9. The maximum atomic E-state index is 14.4. The molecular weight excluding hydrogens is 973 g/mol. The molecule has 0 bridgehead atoms. The molecule has 13 nitrogen and oxygen atoms in total. The average molecular weight is 1100 g/mol. The third kappa shape index (κ3) is 44.1. The zero-order chi connectivity index (χ0) is 56.1. The van der Waals surface area contributed by atoms with Crippen molar-refractivity contribution in [2.75, 3.05) is 65.8 Å². The Morgan fingerprint density at radius 3 is 1.27 bits per heavy atom. The highest BCUT2D eigenvalue weighted by Crippen LogP contribution is 2.19. The second-order valence-electron chi connectivity index (χ2n) is 22.2. The summed E-state index contributed by atoms with van der Waals surface area (Å²) in [5.74, 6) is -1.40. The highest BCUT2D eigenvalue weighted by molar-refractivity contribution is 5.82. The molecule has 1 fully saturated rings. The largest absolute Gasteiger partial charge is 0.463 e. The first-order valence-corrected chi connectivity index (χ1v) is 32.7. The molecule has 1 aliphatic heterocycles. The predicted molar refractivity (Wildman–Crippen MR) is 314 cm³/mol. The molecule has 77 heavy (non-hydrogen) atoms. The Morgan fingerprint density at radius 2 is 0.818 bits per heavy atom. The number of amides is 1. The minimum Gasteiger partial charge on any atom is -0.463 e. The number of rotatable bonds is 58. The van der Waals surface area contributed by atoms with Crippen molar-refractivity contribution in [3.05, 3.63) is 0 Å². The number of likely N-dealkylation sites (tertiary alicyclic amines) is 1. The lowest BCUT2D eigenvalue weighted by atomic mass is 10.1. The van der Waals surface area contributed by atoms with E-state index in [1.165, 1.54) is 83.5 Å². The summed E-state index contributed by atoms with van der Waals surface area (Å²) in [5.41, 5.74) is 0. The van der Waals surface area contributed by atoms with Crippen LogP contribution in [0.1, 0.15) is 298 Å². The number of esters is 3. The van der Waals surface area contributed by atoms with Crippen LogP contribution in [0, 0.1) is 0 Å². The SMILES string of the molecule is CCCCCCCCCCOC(CCCC(=O)OCC(COC(=O)CCCC(OCCCC)OCCCCCC)N(CCCN1CCCC1)C(=O)CCC(=O)OC(CCC)CCCCCC)OCCCCCCCCCC. The Balaban J connectivity index is 3.13. The number of carbonyl (C=O) groups is 4. The maximum Gasteiger partial charge on any atom is 0.306 e. The molecule has 0 saturated carbocycles. The van der Waals surface area contributed by atoms with Gasteiger partial charge >= 0.3 is 17.9 Å². The van der Waals surface area contributed by atoms with Crippen molar-refractivity contribution in [1.29, 1.82) is 0 Å². The third-order valence-corrected chi connectivity index (χ3v) is 14.9. The number of nitrogens with zero attached hydrogens (tertiary/aromatic N) is 2. The van der Waals surface area contributed by atoms with Crippen LogP contribution in [0.5, 0.6) is 0 Å². The molecule has 1 amide bonds. The summed E-state index contributed by atoms with van der Waals surface area (Å²) in [6, 6.07) is -0.731. The molecule has 1 heterocycles. The van der Waals surface area contributed by atoms with Crippen molar-refractivity contribution in [1.82, 2.24) is 9.80 Å². The quantitative estimate of drug-likeness (QED) is 0.0248. The molecule has 1 aliphatic rings. The number of carbonyl (C=O) groups excluding carboxylic acids is 4. The van der Waals surface area contributed by atoms with Gasteiger partial charge in [0.2, 0.25) is 5.91 Å². The van der Waals surface area contributed by atoms with E-state index in [2.05, 4.69) is 46.4 Å². The lowest BCUT2D eigenvalue weighted by Gasteiger charge is -2.32. The van der Waals surface area contributed by atoms with E-state index in [-0.39, 0.29) is 75.4 Å². The van der Waals surface area contributed by atoms with Crippen molar-refractivity contribution in [2.24, 2.45) is 0 Å². The van der Waals surface area contributed by atoms with Crippen LogP contribution in [-0.4, -0.2) is 124 Å². The van der Waals surface area contributed by atoms with Crippen LogP contribution in [-0.2, 0) is 52.3 Å². The highest BCUT2D eigenvalue weighted by atomic mass is 16.7. The molecule has 3 unspecified atom stereocenters. The summed E-state index contributed by atoms with van der Waals surface area (Å²) in [4.78, 5) is 58.9. The summed E-state index contributed by atoms with van der Waals surface area (Å²) in [7, 11) is 0. The summed E-state index contributed by atoms with van der Waals surface area (Å²) >= 11 is 0. The molecule has 454 valence electrons. The van der Waals surface area contributed by atoms with Crippen molar-refractivity contribution in [3.63, 3.8) is 0 Å². The first-order chi connectivity index (χ1) is 37.7. The monoisotopic (exact) mass is 1090 g/mol. The van der Waals surface area contributed by atoms with Gasteiger partial charge in [-0.25, -0.2) is 0 Å². The standard InChI is InChI=1S/C64H122N2O11/c1-7-13-18-22-24-26-28-34-53-73-64(74-54-35-29-27-25-23-19-14-8-2)44-37-42-61(69)76-56-57(55-75-60(68)41-36-43-63(71-51-17-11-5)72-52-33-21-16-10-4)66(50-38-49-65-47-31-32-48-65)59(67)45-46-62(70)77-58(39-12-6)40-30-20-15-9-3/h57-58,63-64H,7-56H2,1-6H3. The first kappa shape index (κ1) is 72.7. The van der Waals surface area contributed by atoms with Crippen molar-refractivity contribution in [2.45, 2.75) is 323 Å². The van der Waals surface area contributed by atoms with Crippen molar-refractivity contribution >= 4 is 23.8 Å². The Hall–Kier alpha value is -2.32. The lowest BCUT2D eigenvalue weighted by molar-refractivity contribution is -0.157. The molecule has 0 aromatic heterocycles. The van der Waals surface area contributed by atoms with Crippen LogP contribution >= 0.6 is 0 Å². The third-order valence-electron chi connectivity index (χ3n) is 14.9. The molecule has 0 radical (unpaired) electrons. The molecule has 0 spiro atoms. The van der Waals surface area contributed by atoms with Gasteiger partial charge in [-0.1, -0.05) is 183 Å². The number of ether oxygens (including phenoxy) is 7. The van der Waals surface area contributed by atoms with Crippen LogP contribution in [0.4, 0.5) is 0 Å². The molecule has 3 atom stereocenters. The van der Waals surface area contributed by atoms with Gasteiger partial charge in [0, 0.05) is 52.2 Å². The van der Waals surface area contributed by atoms with Gasteiger partial charge in [0.1, 0.15) is 19.3 Å². The average Bonchev–Trinajstić information content (AvgIpc) is 3.95. The molecule has 13 heteroatoms. The lowest BCUT2D eigenvalue weighted by Crippen LogP contribution is -2.47. The van der Waals surface area contributed by atoms with Crippen LogP contribution in [0.3, 0.4) is 0 Å². The van der Waals surface area contributed by atoms with E-state index in [4.69, 9.17) is 33.2 Å². The van der Waals surface area contributed by atoms with Gasteiger partial charge in [0.05, 0.1) is 12.5 Å². The van der Waals surface area contributed by atoms with Crippen LogP contribution in [0.2, 0.25) is 0 Å². The Kier molecular flexibility index (Phi) is 51.2. The fourth-order valence-corrected chi connectivity index (χ4v) is 9.97. The van der Waals surface area contributed by atoms with E-state index < -0.39 is 12.0 Å². The Bertz CT molecular complexity index is 1330. The van der Waals surface area contributed by atoms with Gasteiger partial charge in [-0.15, -0.1) is 0 Å². The van der Waals surface area contributed by atoms with Crippen molar-refractivity contribution < 1.29 is 52.3 Å². The van der Waals surface area contributed by atoms with Gasteiger partial charge in [-0.2, -0.15) is 0 Å². The summed E-state index contributed by atoms with van der Waals surface area (Å²) in [6.07, 6.45) is 37.5. The molecule has 0 aromatic carbocycles. The zero-order valence-corrected chi connectivity index (χ0v) is 51.0. The molecule has 0 aliphatic carbocycles. The van der Waals surface area contributed by atoms with E-state index in [0.29, 0.717) is 65.1 Å². The Labute approximate surface area is 473 Å². The number of hydrogen-bond acceptors (Lipinski definition) is 12. The summed E-state index contributed by atoms with van der Waals surface area (Å²) < 4.78 is 42.7. The van der Waals surface area contributed by atoms with Gasteiger partial charge in [0.25, 0.3) is 0 Å². The normalized spacial score (nSPS) is 14.0. The molecule has 0 aromatic rings. The first-order valence-electron chi connectivity index (χ1n) is 32.7. The zero-order valence-electron chi connectivity index (χ0n) is 51.0. The number of hydrogen-bond donors (Lipinski definition) is 0. The molecule has 1 rings (SSSR count). The van der Waals surface area contributed by atoms with E-state index in [1.54, 1.807) is 4.90 Å². The minimum atomic E-state index is -0.731. The minimum absolute atomic E-state index is 0.0471. The summed E-state index contributed by atoms with van der Waals surface area (Å²) in [5, 5.41) is 0. The van der Waals surface area contributed by atoms with E-state index >= 15 is 0 Å².